The Kier molecular flexibility index (Phi) is 2.88. The molecule has 2 heterocycles. The number of nitrogens with one attached hydrogen (secondary N) is 1. The number of rotatable bonds is 2. The van der Waals surface area contributed by atoms with E-state index in [4.69, 9.17) is 0 Å². The molecule has 1 unspecified atom stereocenters. The van der Waals surface area contributed by atoms with Gasteiger partial charge in [-0.05, 0) is 31.6 Å². The first-order valence-electron chi connectivity index (χ1n) is 5.35. The van der Waals surface area contributed by atoms with E-state index >= 15 is 0 Å². The van der Waals surface area contributed by atoms with E-state index in [9.17, 15) is 5.11 Å². The number of hydrogen-bond donors (Lipinski definition) is 2. The Labute approximate surface area is 89.6 Å². The van der Waals surface area contributed by atoms with Crippen LogP contribution in [0.1, 0.15) is 18.3 Å². The molecule has 0 bridgehead atoms. The Morgan fingerprint density at radius 1 is 1.67 bits per heavy atom. The predicted molar refractivity (Wildman–Crippen MR) is 59.5 cm³/mol. The zero-order chi connectivity index (χ0) is 10.8. The van der Waals surface area contributed by atoms with Crippen LogP contribution in [0.25, 0.3) is 5.57 Å². The fourth-order valence-electron chi connectivity index (χ4n) is 1.93. The molecule has 4 heteroatoms. The normalized spacial score (nSPS) is 21.5. The summed E-state index contributed by atoms with van der Waals surface area (Å²) in [6, 6.07) is 2.06. The minimum absolute atomic E-state index is 0.380. The van der Waals surface area contributed by atoms with Crippen molar-refractivity contribution in [2.24, 2.45) is 0 Å². The summed E-state index contributed by atoms with van der Waals surface area (Å²) in [6.07, 6.45) is 1.54. The molecule has 1 aliphatic rings. The van der Waals surface area contributed by atoms with Crippen LogP contribution in [0.5, 0.6) is 0 Å². The first-order valence-corrected chi connectivity index (χ1v) is 5.35. The molecule has 2 rings (SSSR count). The van der Waals surface area contributed by atoms with Crippen LogP contribution in [0.2, 0.25) is 0 Å². The predicted octanol–water partition coefficient (Wildman–Crippen LogP) is 0.559. The van der Waals surface area contributed by atoms with Gasteiger partial charge in [-0.2, -0.15) is 5.10 Å². The largest absolute Gasteiger partial charge is 0.388 e. The van der Waals surface area contributed by atoms with Gasteiger partial charge in [0, 0.05) is 19.6 Å². The van der Waals surface area contributed by atoms with E-state index in [1.165, 1.54) is 0 Å². The number of β-amino-alcohol motifs (C(OH)–C–C–N with tert-alkyl or cyclic N) is 1. The van der Waals surface area contributed by atoms with Crippen molar-refractivity contribution >= 4 is 5.57 Å². The van der Waals surface area contributed by atoms with Gasteiger partial charge < -0.3 is 10.4 Å². The molecular weight excluding hydrogens is 190 g/mol. The van der Waals surface area contributed by atoms with E-state index in [0.29, 0.717) is 6.54 Å². The maximum absolute atomic E-state index is 9.54. The Bertz CT molecular complexity index is 381. The number of nitrogens with zero attached hydrogens (tertiary/aromatic N) is 2. The fourth-order valence-corrected chi connectivity index (χ4v) is 1.93. The van der Waals surface area contributed by atoms with Gasteiger partial charge in [0.25, 0.3) is 0 Å². The highest BCUT2D eigenvalue weighted by atomic mass is 16.3. The molecule has 1 aliphatic heterocycles. The smallest absolute Gasteiger partial charge is 0.0852 e. The first kappa shape index (κ1) is 10.4. The zero-order valence-electron chi connectivity index (χ0n) is 9.20. The number of aliphatic hydroxyl groups is 1. The van der Waals surface area contributed by atoms with E-state index < -0.39 is 0 Å². The highest BCUT2D eigenvalue weighted by Crippen LogP contribution is 2.18. The minimum Gasteiger partial charge on any atom is -0.388 e. The van der Waals surface area contributed by atoms with Crippen LogP contribution in [-0.2, 0) is 6.54 Å². The number of hydrogen-bond acceptors (Lipinski definition) is 3. The van der Waals surface area contributed by atoms with E-state index in [1.54, 1.807) is 0 Å². The second kappa shape index (κ2) is 4.16. The summed E-state index contributed by atoms with van der Waals surface area (Å²) in [5.41, 5.74) is 3.27. The standard InChI is InChI=1S/C11H17N3O/c1-3-14-11(4-8(2)13-14)9-5-10(15)7-12-6-9/h4-5,10,12,15H,3,6-7H2,1-2H3. The first-order chi connectivity index (χ1) is 7.20. The van der Waals surface area contributed by atoms with Crippen molar-refractivity contribution < 1.29 is 5.11 Å². The molecule has 0 amide bonds. The van der Waals surface area contributed by atoms with Gasteiger partial charge in [-0.1, -0.05) is 0 Å². The summed E-state index contributed by atoms with van der Waals surface area (Å²) < 4.78 is 1.97. The Hall–Kier alpha value is -1.13. The third-order valence-corrected chi connectivity index (χ3v) is 2.59. The van der Waals surface area contributed by atoms with Gasteiger partial charge in [-0.25, -0.2) is 0 Å². The molecule has 4 nitrogen and oxygen atoms in total. The summed E-state index contributed by atoms with van der Waals surface area (Å²) in [5.74, 6) is 0. The number of aryl methyl sites for hydroxylation is 2. The molecule has 0 fully saturated rings. The molecule has 0 aromatic carbocycles. The lowest BCUT2D eigenvalue weighted by molar-refractivity contribution is 0.216. The van der Waals surface area contributed by atoms with E-state index in [1.807, 2.05) is 17.7 Å². The second-order valence-electron chi connectivity index (χ2n) is 3.88. The lowest BCUT2D eigenvalue weighted by Crippen LogP contribution is -2.32. The molecule has 15 heavy (non-hydrogen) atoms. The summed E-state index contributed by atoms with van der Waals surface area (Å²) in [7, 11) is 0. The Balaban J connectivity index is 2.35. The van der Waals surface area contributed by atoms with Crippen molar-refractivity contribution in [3.05, 3.63) is 23.5 Å². The highest BCUT2D eigenvalue weighted by Gasteiger charge is 2.15. The van der Waals surface area contributed by atoms with Crippen molar-refractivity contribution in [1.82, 2.24) is 15.1 Å². The van der Waals surface area contributed by atoms with Crippen LogP contribution in [0, 0.1) is 6.92 Å². The molecular formula is C11H17N3O. The Morgan fingerprint density at radius 2 is 2.47 bits per heavy atom. The lowest BCUT2D eigenvalue weighted by Gasteiger charge is -2.18. The van der Waals surface area contributed by atoms with Crippen LogP contribution >= 0.6 is 0 Å². The molecule has 1 aromatic rings. The molecule has 0 aliphatic carbocycles. The highest BCUT2D eigenvalue weighted by molar-refractivity contribution is 5.66. The van der Waals surface area contributed by atoms with Crippen LogP contribution in [0.4, 0.5) is 0 Å². The molecule has 1 atom stereocenters. The van der Waals surface area contributed by atoms with Gasteiger partial charge in [0.05, 0.1) is 17.5 Å². The average molecular weight is 207 g/mol. The van der Waals surface area contributed by atoms with E-state index in [-0.39, 0.29) is 6.10 Å². The van der Waals surface area contributed by atoms with Gasteiger partial charge in [-0.3, -0.25) is 4.68 Å². The monoisotopic (exact) mass is 207 g/mol. The van der Waals surface area contributed by atoms with Crippen molar-refractivity contribution in [2.75, 3.05) is 13.1 Å². The third kappa shape index (κ3) is 2.11. The average Bonchev–Trinajstić information content (AvgIpc) is 2.59. The van der Waals surface area contributed by atoms with Crippen LogP contribution in [0.15, 0.2) is 12.1 Å². The van der Waals surface area contributed by atoms with Crippen LogP contribution in [-0.4, -0.2) is 34.1 Å². The molecule has 0 saturated carbocycles. The third-order valence-electron chi connectivity index (χ3n) is 2.59. The van der Waals surface area contributed by atoms with Crippen LogP contribution < -0.4 is 5.32 Å². The summed E-state index contributed by atoms with van der Waals surface area (Å²) in [4.78, 5) is 0. The van der Waals surface area contributed by atoms with Gasteiger partial charge >= 0.3 is 0 Å². The fraction of sp³-hybridized carbons (Fsp3) is 0.545. The zero-order valence-corrected chi connectivity index (χ0v) is 9.20. The lowest BCUT2D eigenvalue weighted by atomic mass is 10.1. The number of aliphatic hydroxyl groups excluding tert-OH is 1. The van der Waals surface area contributed by atoms with E-state index in [0.717, 1.165) is 30.1 Å². The van der Waals surface area contributed by atoms with Gasteiger partial charge in [0.15, 0.2) is 0 Å². The molecule has 0 saturated heterocycles. The molecule has 1 aromatic heterocycles. The topological polar surface area (TPSA) is 50.1 Å². The molecule has 0 spiro atoms. The summed E-state index contributed by atoms with van der Waals surface area (Å²) >= 11 is 0. The van der Waals surface area contributed by atoms with Crippen molar-refractivity contribution in [1.29, 1.82) is 0 Å². The maximum atomic E-state index is 9.54. The van der Waals surface area contributed by atoms with E-state index in [2.05, 4.69) is 23.4 Å². The molecule has 0 radical (unpaired) electrons. The quantitative estimate of drug-likeness (QED) is 0.745. The molecule has 2 N–H and O–H groups in total. The van der Waals surface area contributed by atoms with Crippen molar-refractivity contribution in [2.45, 2.75) is 26.5 Å². The molecule has 82 valence electrons. The van der Waals surface area contributed by atoms with Crippen molar-refractivity contribution in [3.63, 3.8) is 0 Å². The van der Waals surface area contributed by atoms with Gasteiger partial charge in [0.1, 0.15) is 0 Å². The maximum Gasteiger partial charge on any atom is 0.0852 e. The van der Waals surface area contributed by atoms with Gasteiger partial charge in [0.2, 0.25) is 0 Å². The Morgan fingerprint density at radius 3 is 3.13 bits per heavy atom. The SMILES string of the molecule is CCn1nc(C)cc1C1=CC(O)CNC1. The van der Waals surface area contributed by atoms with Crippen molar-refractivity contribution in [3.8, 4) is 0 Å². The van der Waals surface area contributed by atoms with Gasteiger partial charge in [-0.15, -0.1) is 0 Å². The van der Waals surface area contributed by atoms with Crippen LogP contribution in [0.3, 0.4) is 0 Å². The minimum atomic E-state index is -0.380. The second-order valence-corrected chi connectivity index (χ2v) is 3.88. The summed E-state index contributed by atoms with van der Waals surface area (Å²) in [6.45, 7) is 6.37. The number of aromatic nitrogens is 2. The summed E-state index contributed by atoms with van der Waals surface area (Å²) in [5, 5.41) is 17.1.